The lowest BCUT2D eigenvalue weighted by molar-refractivity contribution is -0.115. The van der Waals surface area contributed by atoms with Crippen molar-refractivity contribution in [3.63, 3.8) is 0 Å². The molecule has 26 heavy (non-hydrogen) atoms. The number of carbonyl (C=O) groups excluding carboxylic acids is 2. The lowest BCUT2D eigenvalue weighted by atomic mass is 10.1. The van der Waals surface area contributed by atoms with E-state index in [0.29, 0.717) is 10.2 Å². The zero-order valence-corrected chi connectivity index (χ0v) is 15.5. The van der Waals surface area contributed by atoms with Crippen LogP contribution in [0.25, 0.3) is 0 Å². The van der Waals surface area contributed by atoms with E-state index in [-0.39, 0.29) is 28.9 Å². The number of hydrogen-bond donors (Lipinski definition) is 2. The summed E-state index contributed by atoms with van der Waals surface area (Å²) in [7, 11) is 0. The van der Waals surface area contributed by atoms with Crippen molar-refractivity contribution < 1.29 is 9.59 Å². The Bertz CT molecular complexity index is 947. The number of rotatable bonds is 5. The Kier molecular flexibility index (Phi) is 5.82. The highest BCUT2D eigenvalue weighted by molar-refractivity contribution is 7.14. The van der Waals surface area contributed by atoms with Gasteiger partial charge >= 0.3 is 0 Å². The predicted molar refractivity (Wildman–Crippen MR) is 103 cm³/mol. The van der Waals surface area contributed by atoms with Crippen LogP contribution in [-0.4, -0.2) is 21.8 Å². The number of benzene rings is 1. The normalized spacial score (nSPS) is 10.4. The minimum absolute atomic E-state index is 0.151. The van der Waals surface area contributed by atoms with Crippen LogP contribution in [0.4, 0.5) is 10.9 Å². The summed E-state index contributed by atoms with van der Waals surface area (Å²) in [6.45, 7) is 0. The largest absolute Gasteiger partial charge is 0.304 e. The smallest absolute Gasteiger partial charge is 0.276 e. The topological polar surface area (TPSA) is 84.0 Å². The van der Waals surface area contributed by atoms with E-state index < -0.39 is 5.91 Å². The molecule has 3 rings (SSSR count). The van der Waals surface area contributed by atoms with E-state index in [0.717, 1.165) is 16.9 Å². The van der Waals surface area contributed by atoms with Crippen LogP contribution in [0, 0.1) is 0 Å². The molecule has 0 fully saturated rings. The lowest BCUT2D eigenvalue weighted by Crippen LogP contribution is -2.16. The summed E-state index contributed by atoms with van der Waals surface area (Å²) >= 11 is 12.9. The summed E-state index contributed by atoms with van der Waals surface area (Å²) in [6.07, 6.45) is 1.60. The van der Waals surface area contributed by atoms with Crippen molar-refractivity contribution in [2.45, 2.75) is 6.42 Å². The molecule has 0 aliphatic rings. The number of carbonyl (C=O) groups is 2. The second-order valence-corrected chi connectivity index (χ2v) is 6.89. The Morgan fingerprint density at radius 2 is 1.88 bits per heavy atom. The van der Waals surface area contributed by atoms with Gasteiger partial charge in [0.2, 0.25) is 5.91 Å². The van der Waals surface area contributed by atoms with E-state index in [2.05, 4.69) is 20.6 Å². The average molecular weight is 407 g/mol. The fourth-order valence-electron chi connectivity index (χ4n) is 2.06. The van der Waals surface area contributed by atoms with Crippen LogP contribution in [0.1, 0.15) is 16.1 Å². The third kappa shape index (κ3) is 4.78. The molecule has 2 heterocycles. The van der Waals surface area contributed by atoms with Crippen molar-refractivity contribution in [1.82, 2.24) is 9.97 Å². The fourth-order valence-corrected chi connectivity index (χ4v) is 3.19. The number of halogens is 2. The molecule has 6 nitrogen and oxygen atoms in total. The standard InChI is InChI=1S/C17H12Cl2N4O2S/c18-11-7-12(19)15(20-8-11)23-16(25)13-9-26-17(21-13)22-14(24)6-10-4-2-1-3-5-10/h1-5,7-9H,6H2,(H,20,23,25)(H,21,22,24). The Labute approximate surface area is 163 Å². The van der Waals surface area contributed by atoms with Crippen molar-refractivity contribution >= 4 is 57.3 Å². The van der Waals surface area contributed by atoms with Gasteiger partial charge in [-0.15, -0.1) is 11.3 Å². The van der Waals surface area contributed by atoms with Gasteiger partial charge in [0.05, 0.1) is 16.5 Å². The molecule has 0 aliphatic carbocycles. The summed E-state index contributed by atoms with van der Waals surface area (Å²) in [5, 5.41) is 7.69. The number of thiazole rings is 1. The highest BCUT2D eigenvalue weighted by Crippen LogP contribution is 2.23. The zero-order chi connectivity index (χ0) is 18.5. The predicted octanol–water partition coefficient (Wildman–Crippen LogP) is 4.28. The molecule has 0 bridgehead atoms. The highest BCUT2D eigenvalue weighted by atomic mass is 35.5. The molecule has 9 heteroatoms. The van der Waals surface area contributed by atoms with Crippen LogP contribution in [-0.2, 0) is 11.2 Å². The molecule has 2 aromatic heterocycles. The van der Waals surface area contributed by atoms with Crippen LogP contribution < -0.4 is 10.6 Å². The van der Waals surface area contributed by atoms with Gasteiger partial charge in [-0.3, -0.25) is 9.59 Å². The molecule has 0 atom stereocenters. The molecule has 0 unspecified atom stereocenters. The van der Waals surface area contributed by atoms with Gasteiger partial charge in [0.15, 0.2) is 10.9 Å². The molecule has 3 aromatic rings. The molecule has 0 spiro atoms. The third-order valence-corrected chi connectivity index (χ3v) is 4.48. The van der Waals surface area contributed by atoms with E-state index in [4.69, 9.17) is 23.2 Å². The zero-order valence-electron chi connectivity index (χ0n) is 13.2. The average Bonchev–Trinajstić information content (AvgIpc) is 3.06. The molecule has 0 aliphatic heterocycles. The fraction of sp³-hybridized carbons (Fsp3) is 0.0588. The highest BCUT2D eigenvalue weighted by Gasteiger charge is 2.15. The van der Waals surface area contributed by atoms with Gasteiger partial charge in [-0.05, 0) is 11.6 Å². The van der Waals surface area contributed by atoms with Gasteiger partial charge in [0, 0.05) is 11.6 Å². The number of amides is 2. The summed E-state index contributed by atoms with van der Waals surface area (Å²) in [5.41, 5.74) is 1.04. The molecule has 0 saturated heterocycles. The molecule has 0 radical (unpaired) electrons. The Morgan fingerprint density at radius 1 is 1.12 bits per heavy atom. The molecule has 132 valence electrons. The molecule has 0 saturated carbocycles. The summed E-state index contributed by atoms with van der Waals surface area (Å²) in [6, 6.07) is 10.8. The Morgan fingerprint density at radius 3 is 2.62 bits per heavy atom. The molecule has 2 amide bonds. The minimum atomic E-state index is -0.485. The van der Waals surface area contributed by atoms with Gasteiger partial charge < -0.3 is 10.6 Å². The van der Waals surface area contributed by atoms with E-state index in [9.17, 15) is 9.59 Å². The van der Waals surface area contributed by atoms with E-state index >= 15 is 0 Å². The van der Waals surface area contributed by atoms with Crippen molar-refractivity contribution in [2.75, 3.05) is 10.6 Å². The quantitative estimate of drug-likeness (QED) is 0.661. The number of nitrogens with one attached hydrogen (secondary N) is 2. The molecular formula is C17H12Cl2N4O2S. The van der Waals surface area contributed by atoms with E-state index in [1.807, 2.05) is 30.3 Å². The van der Waals surface area contributed by atoms with Crippen molar-refractivity contribution in [2.24, 2.45) is 0 Å². The first-order valence-electron chi connectivity index (χ1n) is 7.43. The first kappa shape index (κ1) is 18.3. The Hall–Kier alpha value is -2.48. The van der Waals surface area contributed by atoms with Crippen molar-refractivity contribution in [1.29, 1.82) is 0 Å². The molecular weight excluding hydrogens is 395 g/mol. The maximum atomic E-state index is 12.2. The van der Waals surface area contributed by atoms with E-state index in [1.54, 1.807) is 0 Å². The first-order chi connectivity index (χ1) is 12.5. The van der Waals surface area contributed by atoms with Crippen LogP contribution in [0.15, 0.2) is 48.0 Å². The van der Waals surface area contributed by atoms with Crippen molar-refractivity contribution in [3.8, 4) is 0 Å². The molecule has 1 aromatic carbocycles. The number of aromatic nitrogens is 2. The van der Waals surface area contributed by atoms with Crippen LogP contribution >= 0.6 is 34.5 Å². The lowest BCUT2D eigenvalue weighted by Gasteiger charge is -2.04. The maximum absolute atomic E-state index is 12.2. The summed E-state index contributed by atoms with van der Waals surface area (Å²) in [4.78, 5) is 32.3. The maximum Gasteiger partial charge on any atom is 0.276 e. The number of hydrogen-bond acceptors (Lipinski definition) is 5. The minimum Gasteiger partial charge on any atom is -0.304 e. The number of anilines is 2. The first-order valence-corrected chi connectivity index (χ1v) is 9.06. The summed E-state index contributed by atoms with van der Waals surface area (Å²) < 4.78 is 0. The number of nitrogens with zero attached hydrogens (tertiary/aromatic N) is 2. The van der Waals surface area contributed by atoms with Gasteiger partial charge in [0.1, 0.15) is 5.69 Å². The van der Waals surface area contributed by atoms with Crippen LogP contribution in [0.2, 0.25) is 10.0 Å². The number of pyridine rings is 1. The summed E-state index contributed by atoms with van der Waals surface area (Å²) in [5.74, 6) is -0.509. The molecule has 2 N–H and O–H groups in total. The van der Waals surface area contributed by atoms with Gasteiger partial charge in [-0.25, -0.2) is 9.97 Å². The monoisotopic (exact) mass is 406 g/mol. The van der Waals surface area contributed by atoms with Gasteiger partial charge in [-0.1, -0.05) is 53.5 Å². The van der Waals surface area contributed by atoms with Crippen molar-refractivity contribution in [3.05, 3.63) is 69.3 Å². The van der Waals surface area contributed by atoms with Gasteiger partial charge in [0.25, 0.3) is 5.91 Å². The van der Waals surface area contributed by atoms with Crippen LogP contribution in [0.5, 0.6) is 0 Å². The van der Waals surface area contributed by atoms with E-state index in [1.165, 1.54) is 17.6 Å². The second kappa shape index (κ2) is 8.27. The second-order valence-electron chi connectivity index (χ2n) is 5.19. The third-order valence-electron chi connectivity index (χ3n) is 3.23. The van der Waals surface area contributed by atoms with Crippen LogP contribution in [0.3, 0.4) is 0 Å². The SMILES string of the molecule is O=C(Cc1ccccc1)Nc1nc(C(=O)Nc2ncc(Cl)cc2Cl)cs1. The van der Waals surface area contributed by atoms with Gasteiger partial charge in [-0.2, -0.15) is 0 Å². The Balaban J connectivity index is 1.61.